The van der Waals surface area contributed by atoms with E-state index in [1.807, 2.05) is 0 Å². The number of halogens is 4. The molecule has 0 saturated carbocycles. The number of ether oxygens (including phenoxy) is 1. The van der Waals surface area contributed by atoms with E-state index >= 15 is 0 Å². The van der Waals surface area contributed by atoms with Crippen LogP contribution in [0.5, 0.6) is 0 Å². The number of benzene rings is 1. The molecule has 0 spiro atoms. The lowest BCUT2D eigenvalue weighted by Gasteiger charge is -2.24. The maximum absolute atomic E-state index is 13.3. The van der Waals surface area contributed by atoms with Crippen LogP contribution in [-0.2, 0) is 4.74 Å². The van der Waals surface area contributed by atoms with Crippen LogP contribution < -0.4 is 5.32 Å². The standard InChI is InChI=1S/C10H10F3NO.ClH/c11-7-2-1-6(9(12)10(7)13)8-5-15-4-3-14-8;/h1-2,8,14H,3-5H2;1H/t8-;/m1./s1. The molecule has 1 aliphatic rings. The topological polar surface area (TPSA) is 21.3 Å². The van der Waals surface area contributed by atoms with E-state index in [0.717, 1.165) is 6.07 Å². The van der Waals surface area contributed by atoms with Gasteiger partial charge in [0.05, 0.1) is 19.3 Å². The second kappa shape index (κ2) is 5.52. The third kappa shape index (κ3) is 2.48. The molecule has 1 N–H and O–H groups in total. The van der Waals surface area contributed by atoms with E-state index in [9.17, 15) is 13.2 Å². The minimum atomic E-state index is -1.43. The van der Waals surface area contributed by atoms with Gasteiger partial charge >= 0.3 is 0 Å². The summed E-state index contributed by atoms with van der Waals surface area (Å²) in [6, 6.07) is 1.75. The molecule has 2 rings (SSSR count). The van der Waals surface area contributed by atoms with Gasteiger partial charge in [-0.1, -0.05) is 6.07 Å². The van der Waals surface area contributed by atoms with E-state index in [-0.39, 0.29) is 24.6 Å². The molecule has 1 saturated heterocycles. The Bertz CT molecular complexity index is 369. The van der Waals surface area contributed by atoms with Gasteiger partial charge < -0.3 is 10.1 Å². The van der Waals surface area contributed by atoms with Gasteiger partial charge in [0, 0.05) is 12.1 Å². The Labute approximate surface area is 97.2 Å². The van der Waals surface area contributed by atoms with Crippen molar-refractivity contribution in [3.8, 4) is 0 Å². The van der Waals surface area contributed by atoms with Crippen LogP contribution in [0.15, 0.2) is 12.1 Å². The zero-order chi connectivity index (χ0) is 10.8. The molecule has 0 bridgehead atoms. The summed E-state index contributed by atoms with van der Waals surface area (Å²) in [6.45, 7) is 1.38. The average Bonchev–Trinajstić information content (AvgIpc) is 2.27. The molecule has 1 aliphatic heterocycles. The molecule has 2 nitrogen and oxygen atoms in total. The van der Waals surface area contributed by atoms with Crippen molar-refractivity contribution >= 4 is 12.4 Å². The largest absolute Gasteiger partial charge is 0.378 e. The summed E-state index contributed by atoms with van der Waals surface area (Å²) in [7, 11) is 0. The Kier molecular flexibility index (Phi) is 4.58. The maximum Gasteiger partial charge on any atom is 0.194 e. The quantitative estimate of drug-likeness (QED) is 0.775. The molecule has 90 valence electrons. The molecular formula is C10H11ClF3NO. The van der Waals surface area contributed by atoms with Gasteiger partial charge in [0.1, 0.15) is 0 Å². The molecule has 1 fully saturated rings. The summed E-state index contributed by atoms with van der Waals surface area (Å²) in [5, 5.41) is 2.97. The lowest BCUT2D eigenvalue weighted by molar-refractivity contribution is 0.0754. The molecule has 1 aromatic rings. The van der Waals surface area contributed by atoms with Crippen LogP contribution in [-0.4, -0.2) is 19.8 Å². The number of hydrogen-bond acceptors (Lipinski definition) is 2. The predicted molar refractivity (Wildman–Crippen MR) is 55.1 cm³/mol. The van der Waals surface area contributed by atoms with E-state index in [1.165, 1.54) is 6.07 Å². The van der Waals surface area contributed by atoms with Crippen molar-refractivity contribution in [3.63, 3.8) is 0 Å². The highest BCUT2D eigenvalue weighted by Gasteiger charge is 2.22. The molecule has 0 amide bonds. The van der Waals surface area contributed by atoms with Crippen molar-refractivity contribution < 1.29 is 17.9 Å². The fraction of sp³-hybridized carbons (Fsp3) is 0.400. The minimum absolute atomic E-state index is 0. The molecule has 0 radical (unpaired) electrons. The van der Waals surface area contributed by atoms with E-state index in [1.54, 1.807) is 0 Å². The maximum atomic E-state index is 13.3. The molecule has 1 atom stereocenters. The molecule has 0 aliphatic carbocycles. The van der Waals surface area contributed by atoms with Crippen LogP contribution in [0.2, 0.25) is 0 Å². The van der Waals surface area contributed by atoms with Crippen molar-refractivity contribution in [1.82, 2.24) is 5.32 Å². The summed E-state index contributed by atoms with van der Waals surface area (Å²) in [6.07, 6.45) is 0. The zero-order valence-corrected chi connectivity index (χ0v) is 9.12. The Balaban J connectivity index is 0.00000128. The van der Waals surface area contributed by atoms with E-state index in [4.69, 9.17) is 4.74 Å². The third-order valence-electron chi connectivity index (χ3n) is 2.36. The number of nitrogens with one attached hydrogen (secondary N) is 1. The smallest absolute Gasteiger partial charge is 0.194 e. The van der Waals surface area contributed by atoms with Crippen molar-refractivity contribution in [2.75, 3.05) is 19.8 Å². The molecule has 1 aromatic carbocycles. The van der Waals surface area contributed by atoms with Crippen LogP contribution in [0.25, 0.3) is 0 Å². The first-order chi connectivity index (χ1) is 7.20. The highest BCUT2D eigenvalue weighted by atomic mass is 35.5. The summed E-state index contributed by atoms with van der Waals surface area (Å²) >= 11 is 0. The normalized spacial score (nSPS) is 20.3. The van der Waals surface area contributed by atoms with Gasteiger partial charge in [-0.15, -0.1) is 12.4 Å². The van der Waals surface area contributed by atoms with Crippen molar-refractivity contribution in [2.24, 2.45) is 0 Å². The van der Waals surface area contributed by atoms with Gasteiger partial charge in [-0.25, -0.2) is 13.2 Å². The van der Waals surface area contributed by atoms with Gasteiger partial charge in [0.25, 0.3) is 0 Å². The number of hydrogen-bond donors (Lipinski definition) is 1. The summed E-state index contributed by atoms with van der Waals surface area (Å²) in [5.41, 5.74) is 0.105. The van der Waals surface area contributed by atoms with Crippen LogP contribution in [0, 0.1) is 17.5 Å². The lowest BCUT2D eigenvalue weighted by Crippen LogP contribution is -2.35. The highest BCUT2D eigenvalue weighted by molar-refractivity contribution is 5.85. The monoisotopic (exact) mass is 253 g/mol. The van der Waals surface area contributed by atoms with Gasteiger partial charge in [0.15, 0.2) is 17.5 Å². The van der Waals surface area contributed by atoms with Crippen molar-refractivity contribution in [1.29, 1.82) is 0 Å². The van der Waals surface area contributed by atoms with E-state index in [0.29, 0.717) is 13.2 Å². The molecule has 0 aromatic heterocycles. The third-order valence-corrected chi connectivity index (χ3v) is 2.36. The molecule has 0 unspecified atom stereocenters. The second-order valence-corrected chi connectivity index (χ2v) is 3.35. The van der Waals surface area contributed by atoms with Crippen LogP contribution in [0.1, 0.15) is 11.6 Å². The zero-order valence-electron chi connectivity index (χ0n) is 8.30. The molecular weight excluding hydrogens is 243 g/mol. The van der Waals surface area contributed by atoms with Gasteiger partial charge in [0.2, 0.25) is 0 Å². The van der Waals surface area contributed by atoms with Crippen molar-refractivity contribution in [2.45, 2.75) is 6.04 Å². The minimum Gasteiger partial charge on any atom is -0.378 e. The van der Waals surface area contributed by atoms with E-state index in [2.05, 4.69) is 5.32 Å². The lowest BCUT2D eigenvalue weighted by atomic mass is 10.1. The summed E-state index contributed by atoms with van der Waals surface area (Å²) in [5.74, 6) is -3.74. The number of rotatable bonds is 1. The molecule has 16 heavy (non-hydrogen) atoms. The van der Waals surface area contributed by atoms with Crippen LogP contribution in [0.4, 0.5) is 13.2 Å². The average molecular weight is 254 g/mol. The van der Waals surface area contributed by atoms with Crippen molar-refractivity contribution in [3.05, 3.63) is 35.1 Å². The molecule has 1 heterocycles. The van der Waals surface area contributed by atoms with Crippen LogP contribution >= 0.6 is 12.4 Å². The Hall–Kier alpha value is -0.780. The predicted octanol–water partition coefficient (Wildman–Crippen LogP) is 2.19. The first-order valence-electron chi connectivity index (χ1n) is 4.64. The first-order valence-corrected chi connectivity index (χ1v) is 4.64. The highest BCUT2D eigenvalue weighted by Crippen LogP contribution is 2.22. The first kappa shape index (κ1) is 13.3. The Morgan fingerprint density at radius 2 is 1.94 bits per heavy atom. The van der Waals surface area contributed by atoms with E-state index < -0.39 is 23.5 Å². The van der Waals surface area contributed by atoms with Gasteiger partial charge in [-0.2, -0.15) is 0 Å². The number of morpholine rings is 1. The fourth-order valence-corrected chi connectivity index (χ4v) is 1.58. The Morgan fingerprint density at radius 3 is 2.56 bits per heavy atom. The summed E-state index contributed by atoms with van der Waals surface area (Å²) in [4.78, 5) is 0. The second-order valence-electron chi connectivity index (χ2n) is 3.35. The van der Waals surface area contributed by atoms with Gasteiger partial charge in [-0.3, -0.25) is 0 Å². The molecule has 6 heteroatoms. The summed E-state index contributed by atoms with van der Waals surface area (Å²) < 4.78 is 44.0. The SMILES string of the molecule is Cl.Fc1ccc([C@H]2COCCN2)c(F)c1F. The fourth-order valence-electron chi connectivity index (χ4n) is 1.58. The van der Waals surface area contributed by atoms with Gasteiger partial charge in [-0.05, 0) is 6.07 Å². The van der Waals surface area contributed by atoms with Crippen LogP contribution in [0.3, 0.4) is 0 Å². The Morgan fingerprint density at radius 1 is 1.19 bits per heavy atom.